The highest BCUT2D eigenvalue weighted by Gasteiger charge is 2.21. The first kappa shape index (κ1) is 13.9. The van der Waals surface area contributed by atoms with Gasteiger partial charge < -0.3 is 16.2 Å². The quantitative estimate of drug-likeness (QED) is 0.728. The number of rotatable bonds is 3. The molecule has 0 bridgehead atoms. The first-order chi connectivity index (χ1) is 9.08. The van der Waals surface area contributed by atoms with E-state index in [0.717, 1.165) is 31.2 Å². The lowest BCUT2D eigenvalue weighted by Gasteiger charge is -2.26. The fraction of sp³-hybridized carbons (Fsp3) is 0.533. The fourth-order valence-electron chi connectivity index (χ4n) is 2.77. The largest absolute Gasteiger partial charge is 0.398 e. The molecule has 1 fully saturated rings. The first-order valence-electron chi connectivity index (χ1n) is 6.89. The van der Waals surface area contributed by atoms with Crippen LogP contribution in [0.1, 0.15) is 41.6 Å². The van der Waals surface area contributed by atoms with Gasteiger partial charge in [0.2, 0.25) is 0 Å². The highest BCUT2D eigenvalue weighted by atomic mass is 16.3. The zero-order chi connectivity index (χ0) is 13.8. The van der Waals surface area contributed by atoms with Gasteiger partial charge in [0.25, 0.3) is 5.91 Å². The van der Waals surface area contributed by atoms with Gasteiger partial charge in [-0.2, -0.15) is 0 Å². The minimum atomic E-state index is -0.209. The van der Waals surface area contributed by atoms with Gasteiger partial charge in [0.05, 0.1) is 11.7 Å². The van der Waals surface area contributed by atoms with Crippen molar-refractivity contribution in [3.05, 3.63) is 29.3 Å². The Hall–Kier alpha value is -1.55. The second-order valence-corrected chi connectivity index (χ2v) is 5.44. The van der Waals surface area contributed by atoms with E-state index in [1.165, 1.54) is 0 Å². The number of carbonyl (C=O) groups excluding carboxylic acids is 1. The van der Waals surface area contributed by atoms with E-state index in [1.807, 2.05) is 19.1 Å². The van der Waals surface area contributed by atoms with E-state index in [2.05, 4.69) is 5.32 Å². The van der Waals surface area contributed by atoms with Crippen molar-refractivity contribution in [2.24, 2.45) is 5.92 Å². The summed E-state index contributed by atoms with van der Waals surface area (Å²) in [5.74, 6) is 0.258. The third-order valence-electron chi connectivity index (χ3n) is 3.84. The van der Waals surface area contributed by atoms with E-state index in [1.54, 1.807) is 6.07 Å². The number of hydrogen-bond acceptors (Lipinski definition) is 3. The van der Waals surface area contributed by atoms with Gasteiger partial charge >= 0.3 is 0 Å². The summed E-state index contributed by atoms with van der Waals surface area (Å²) >= 11 is 0. The first-order valence-corrected chi connectivity index (χ1v) is 6.89. The summed E-state index contributed by atoms with van der Waals surface area (Å²) in [6.45, 7) is 2.50. The second kappa shape index (κ2) is 6.06. The van der Waals surface area contributed by atoms with E-state index in [4.69, 9.17) is 5.73 Å². The van der Waals surface area contributed by atoms with E-state index < -0.39 is 0 Å². The maximum absolute atomic E-state index is 12.2. The summed E-state index contributed by atoms with van der Waals surface area (Å²) in [6, 6.07) is 5.47. The van der Waals surface area contributed by atoms with Gasteiger partial charge in [-0.3, -0.25) is 4.79 Å². The summed E-state index contributed by atoms with van der Waals surface area (Å²) < 4.78 is 0. The van der Waals surface area contributed by atoms with Crippen LogP contribution in [0.5, 0.6) is 0 Å². The van der Waals surface area contributed by atoms with Crippen LogP contribution in [0.15, 0.2) is 18.2 Å². The monoisotopic (exact) mass is 262 g/mol. The van der Waals surface area contributed by atoms with Crippen molar-refractivity contribution in [1.82, 2.24) is 5.32 Å². The number of nitrogens with two attached hydrogens (primary N) is 1. The molecule has 1 aromatic rings. The van der Waals surface area contributed by atoms with Crippen LogP contribution in [0.25, 0.3) is 0 Å². The molecular weight excluding hydrogens is 240 g/mol. The molecule has 1 amide bonds. The molecule has 1 saturated carbocycles. The predicted octanol–water partition coefficient (Wildman–Crippen LogP) is 1.86. The summed E-state index contributed by atoms with van der Waals surface area (Å²) in [6.07, 6.45) is 3.56. The highest BCUT2D eigenvalue weighted by molar-refractivity contribution is 6.00. The van der Waals surface area contributed by atoms with Gasteiger partial charge in [0.15, 0.2) is 0 Å². The number of aliphatic hydroxyl groups excluding tert-OH is 1. The third-order valence-corrected chi connectivity index (χ3v) is 3.84. The van der Waals surface area contributed by atoms with Gasteiger partial charge in [-0.05, 0) is 43.7 Å². The molecule has 1 aromatic carbocycles. The van der Waals surface area contributed by atoms with Crippen molar-refractivity contribution in [2.45, 2.75) is 38.7 Å². The van der Waals surface area contributed by atoms with Crippen LogP contribution >= 0.6 is 0 Å². The number of amides is 1. The normalized spacial score (nSPS) is 23.1. The Labute approximate surface area is 114 Å². The van der Waals surface area contributed by atoms with Crippen molar-refractivity contribution < 1.29 is 9.90 Å². The number of anilines is 1. The van der Waals surface area contributed by atoms with Crippen LogP contribution in [0.4, 0.5) is 5.69 Å². The van der Waals surface area contributed by atoms with Crippen LogP contribution < -0.4 is 11.1 Å². The Bertz CT molecular complexity index is 439. The molecule has 19 heavy (non-hydrogen) atoms. The third kappa shape index (κ3) is 3.47. The molecule has 4 N–H and O–H groups in total. The number of nitrogens with one attached hydrogen (secondary N) is 1. The Morgan fingerprint density at radius 1 is 1.47 bits per heavy atom. The van der Waals surface area contributed by atoms with Crippen LogP contribution in [0, 0.1) is 12.8 Å². The fourth-order valence-corrected chi connectivity index (χ4v) is 2.77. The van der Waals surface area contributed by atoms with Crippen LogP contribution in [0.3, 0.4) is 0 Å². The number of aliphatic hydroxyl groups is 1. The highest BCUT2D eigenvalue weighted by Crippen LogP contribution is 2.24. The Kier molecular flexibility index (Phi) is 4.43. The van der Waals surface area contributed by atoms with Gasteiger partial charge in [0, 0.05) is 12.2 Å². The minimum Gasteiger partial charge on any atom is -0.398 e. The zero-order valence-corrected chi connectivity index (χ0v) is 11.4. The average molecular weight is 262 g/mol. The summed E-state index contributed by atoms with van der Waals surface area (Å²) in [5, 5.41) is 12.6. The minimum absolute atomic E-state index is 0.115. The number of nitrogen functional groups attached to an aromatic ring is 1. The predicted molar refractivity (Wildman–Crippen MR) is 75.9 cm³/mol. The molecule has 2 unspecified atom stereocenters. The summed E-state index contributed by atoms with van der Waals surface area (Å²) in [5.41, 5.74) is 7.83. The SMILES string of the molecule is Cc1cccc(N)c1C(=O)NCC1CCCC(O)C1. The number of aryl methyl sites for hydroxylation is 1. The van der Waals surface area contributed by atoms with Gasteiger partial charge in [-0.15, -0.1) is 0 Å². The Morgan fingerprint density at radius 3 is 2.95 bits per heavy atom. The van der Waals surface area contributed by atoms with Crippen molar-refractivity contribution in [3.63, 3.8) is 0 Å². The second-order valence-electron chi connectivity index (χ2n) is 5.44. The molecule has 0 aliphatic heterocycles. The number of benzene rings is 1. The van der Waals surface area contributed by atoms with Crippen molar-refractivity contribution in [3.8, 4) is 0 Å². The van der Waals surface area contributed by atoms with E-state index in [-0.39, 0.29) is 12.0 Å². The summed E-state index contributed by atoms with van der Waals surface area (Å²) in [4.78, 5) is 12.2. The molecule has 4 nitrogen and oxygen atoms in total. The zero-order valence-electron chi connectivity index (χ0n) is 11.4. The lowest BCUT2D eigenvalue weighted by molar-refractivity contribution is 0.0874. The molecule has 0 spiro atoms. The Balaban J connectivity index is 1.94. The lowest BCUT2D eigenvalue weighted by Crippen LogP contribution is -2.33. The van der Waals surface area contributed by atoms with Gasteiger partial charge in [-0.1, -0.05) is 18.6 Å². The van der Waals surface area contributed by atoms with Crippen LogP contribution in [-0.2, 0) is 0 Å². The average Bonchev–Trinajstić information content (AvgIpc) is 2.36. The Morgan fingerprint density at radius 2 is 2.26 bits per heavy atom. The van der Waals surface area contributed by atoms with Crippen molar-refractivity contribution in [1.29, 1.82) is 0 Å². The molecule has 104 valence electrons. The van der Waals surface area contributed by atoms with Crippen LogP contribution in [-0.4, -0.2) is 23.7 Å². The molecule has 2 rings (SSSR count). The van der Waals surface area contributed by atoms with Crippen LogP contribution in [0.2, 0.25) is 0 Å². The summed E-state index contributed by atoms with van der Waals surface area (Å²) in [7, 11) is 0. The smallest absolute Gasteiger partial charge is 0.253 e. The molecule has 0 heterocycles. The van der Waals surface area contributed by atoms with Gasteiger partial charge in [-0.25, -0.2) is 0 Å². The number of hydrogen-bond donors (Lipinski definition) is 3. The molecule has 4 heteroatoms. The topological polar surface area (TPSA) is 75.4 Å². The molecule has 2 atom stereocenters. The van der Waals surface area contributed by atoms with E-state index in [0.29, 0.717) is 23.7 Å². The van der Waals surface area contributed by atoms with E-state index >= 15 is 0 Å². The number of carbonyl (C=O) groups is 1. The maximum atomic E-state index is 12.2. The standard InChI is InChI=1S/C15H22N2O2/c1-10-4-2-7-13(16)14(10)15(19)17-9-11-5-3-6-12(18)8-11/h2,4,7,11-12,18H,3,5-6,8-9,16H2,1H3,(H,17,19). The maximum Gasteiger partial charge on any atom is 0.253 e. The molecule has 0 radical (unpaired) electrons. The lowest BCUT2D eigenvalue weighted by atomic mass is 9.87. The molecular formula is C15H22N2O2. The van der Waals surface area contributed by atoms with Gasteiger partial charge in [0.1, 0.15) is 0 Å². The molecule has 0 saturated heterocycles. The molecule has 1 aliphatic rings. The molecule has 1 aliphatic carbocycles. The van der Waals surface area contributed by atoms with Crippen molar-refractivity contribution in [2.75, 3.05) is 12.3 Å². The molecule has 0 aromatic heterocycles. The van der Waals surface area contributed by atoms with Crippen molar-refractivity contribution >= 4 is 11.6 Å². The van der Waals surface area contributed by atoms with E-state index in [9.17, 15) is 9.90 Å².